The van der Waals surface area contributed by atoms with Crippen LogP contribution in [0.15, 0.2) is 27.8 Å². The van der Waals surface area contributed by atoms with Crippen LogP contribution in [0.5, 0.6) is 5.75 Å². The van der Waals surface area contributed by atoms with Crippen LogP contribution in [-0.2, 0) is 13.6 Å². The lowest BCUT2D eigenvalue weighted by molar-refractivity contribution is 0.478. The van der Waals surface area contributed by atoms with Gasteiger partial charge >= 0.3 is 5.69 Å². The zero-order valence-electron chi connectivity index (χ0n) is 10.3. The number of aromatic nitrogens is 2. The molecule has 3 N–H and O–H groups in total. The highest BCUT2D eigenvalue weighted by Crippen LogP contribution is 2.18. The van der Waals surface area contributed by atoms with Gasteiger partial charge in [-0.1, -0.05) is 6.07 Å². The van der Waals surface area contributed by atoms with Crippen molar-refractivity contribution < 1.29 is 5.11 Å². The van der Waals surface area contributed by atoms with E-state index in [1.54, 1.807) is 26.1 Å². The van der Waals surface area contributed by atoms with Gasteiger partial charge in [0.2, 0.25) is 0 Å². The summed E-state index contributed by atoms with van der Waals surface area (Å²) in [6.07, 6.45) is 0. The maximum absolute atomic E-state index is 12.2. The summed E-state index contributed by atoms with van der Waals surface area (Å²) in [6, 6.07) is 4.31. The lowest BCUT2D eigenvalue weighted by Crippen LogP contribution is -2.42. The highest BCUT2D eigenvalue weighted by Gasteiger charge is 2.14. The van der Waals surface area contributed by atoms with Crippen molar-refractivity contribution >= 4 is 10.9 Å². The average molecular weight is 249 g/mol. The number of phenols is 1. The average Bonchev–Trinajstić information content (AvgIpc) is 2.31. The van der Waals surface area contributed by atoms with Gasteiger partial charge in [0.15, 0.2) is 0 Å². The number of fused-ring (bicyclic) bond motifs is 1. The van der Waals surface area contributed by atoms with E-state index in [0.29, 0.717) is 5.52 Å². The van der Waals surface area contributed by atoms with Gasteiger partial charge in [0.25, 0.3) is 5.56 Å². The van der Waals surface area contributed by atoms with Gasteiger partial charge in [-0.2, -0.15) is 0 Å². The molecule has 1 atom stereocenters. The summed E-state index contributed by atoms with van der Waals surface area (Å²) < 4.78 is 2.38. The zero-order valence-corrected chi connectivity index (χ0v) is 10.3. The Kier molecular flexibility index (Phi) is 2.96. The number of aryl methyl sites for hydroxylation is 1. The van der Waals surface area contributed by atoms with Crippen LogP contribution in [0.3, 0.4) is 0 Å². The molecule has 0 radical (unpaired) electrons. The third kappa shape index (κ3) is 1.80. The maximum atomic E-state index is 12.2. The Morgan fingerprint density at radius 2 is 2.06 bits per heavy atom. The highest BCUT2D eigenvalue weighted by atomic mass is 16.3. The van der Waals surface area contributed by atoms with Gasteiger partial charge in [-0.3, -0.25) is 13.9 Å². The number of aromatic hydroxyl groups is 1. The quantitative estimate of drug-likeness (QED) is 0.768. The van der Waals surface area contributed by atoms with Crippen molar-refractivity contribution in [2.45, 2.75) is 19.5 Å². The van der Waals surface area contributed by atoms with Crippen molar-refractivity contribution in [3.05, 3.63) is 39.0 Å². The SMILES string of the molecule is CC(N)Cn1c(=O)c2c(O)cccc2n(C)c1=O. The second-order valence-corrected chi connectivity index (χ2v) is 4.41. The van der Waals surface area contributed by atoms with Gasteiger partial charge < -0.3 is 10.8 Å². The Bertz CT molecular complexity index is 713. The van der Waals surface area contributed by atoms with E-state index in [-0.39, 0.29) is 23.7 Å². The van der Waals surface area contributed by atoms with Gasteiger partial charge in [0, 0.05) is 19.6 Å². The number of hydrogen-bond acceptors (Lipinski definition) is 4. The molecule has 2 rings (SSSR count). The molecule has 6 heteroatoms. The Balaban J connectivity index is 2.94. The van der Waals surface area contributed by atoms with Crippen molar-refractivity contribution in [1.82, 2.24) is 9.13 Å². The molecule has 1 unspecified atom stereocenters. The zero-order chi connectivity index (χ0) is 13.4. The van der Waals surface area contributed by atoms with Crippen molar-refractivity contribution in [2.24, 2.45) is 12.8 Å². The minimum atomic E-state index is -0.511. The van der Waals surface area contributed by atoms with E-state index < -0.39 is 11.2 Å². The highest BCUT2D eigenvalue weighted by molar-refractivity contribution is 5.84. The Hall–Kier alpha value is -2.08. The summed E-state index contributed by atoms with van der Waals surface area (Å²) in [5, 5.41) is 9.91. The van der Waals surface area contributed by atoms with E-state index in [0.717, 1.165) is 4.57 Å². The molecule has 1 aromatic carbocycles. The molecular weight excluding hydrogens is 234 g/mol. The normalized spacial score (nSPS) is 12.8. The number of rotatable bonds is 2. The smallest absolute Gasteiger partial charge is 0.331 e. The van der Waals surface area contributed by atoms with E-state index in [2.05, 4.69) is 0 Å². The topological polar surface area (TPSA) is 90.2 Å². The van der Waals surface area contributed by atoms with Crippen LogP contribution in [0.4, 0.5) is 0 Å². The number of benzene rings is 1. The van der Waals surface area contributed by atoms with Crippen molar-refractivity contribution in [1.29, 1.82) is 0 Å². The molecule has 1 heterocycles. The summed E-state index contributed by atoms with van der Waals surface area (Å²) in [4.78, 5) is 24.2. The van der Waals surface area contributed by atoms with Crippen LogP contribution in [0.25, 0.3) is 10.9 Å². The van der Waals surface area contributed by atoms with Crippen molar-refractivity contribution in [3.8, 4) is 5.75 Å². The van der Waals surface area contributed by atoms with Gasteiger partial charge in [0.1, 0.15) is 11.1 Å². The lowest BCUT2D eigenvalue weighted by atomic mass is 10.2. The van der Waals surface area contributed by atoms with Crippen molar-refractivity contribution in [3.63, 3.8) is 0 Å². The molecule has 0 aliphatic heterocycles. The molecule has 2 aromatic rings. The van der Waals surface area contributed by atoms with Gasteiger partial charge in [-0.05, 0) is 19.1 Å². The van der Waals surface area contributed by atoms with Gasteiger partial charge in [-0.15, -0.1) is 0 Å². The summed E-state index contributed by atoms with van der Waals surface area (Å²) >= 11 is 0. The fourth-order valence-electron chi connectivity index (χ4n) is 1.98. The van der Waals surface area contributed by atoms with E-state index in [4.69, 9.17) is 5.73 Å². The molecule has 1 aromatic heterocycles. The van der Waals surface area contributed by atoms with E-state index in [1.807, 2.05) is 0 Å². The fraction of sp³-hybridized carbons (Fsp3) is 0.333. The molecule has 96 valence electrons. The first-order valence-electron chi connectivity index (χ1n) is 5.60. The van der Waals surface area contributed by atoms with Crippen LogP contribution in [0.1, 0.15) is 6.92 Å². The van der Waals surface area contributed by atoms with Crippen molar-refractivity contribution in [2.75, 3.05) is 0 Å². The Morgan fingerprint density at radius 1 is 1.39 bits per heavy atom. The molecule has 0 aliphatic carbocycles. The fourth-order valence-corrected chi connectivity index (χ4v) is 1.98. The standard InChI is InChI=1S/C12H15N3O3/c1-7(13)6-15-11(17)10-8(14(2)12(15)18)4-3-5-9(10)16/h3-5,7,16H,6,13H2,1-2H3. The molecule has 0 fully saturated rings. The van der Waals surface area contributed by atoms with Crippen LogP contribution in [0.2, 0.25) is 0 Å². The van der Waals surface area contributed by atoms with Crippen LogP contribution in [0, 0.1) is 0 Å². The lowest BCUT2D eigenvalue weighted by Gasteiger charge is -2.12. The molecule has 0 spiro atoms. The maximum Gasteiger partial charge on any atom is 0.331 e. The predicted molar refractivity (Wildman–Crippen MR) is 68.8 cm³/mol. The van der Waals surface area contributed by atoms with E-state index in [9.17, 15) is 14.7 Å². The Labute approximate surface area is 103 Å². The molecule has 0 amide bonds. The minimum Gasteiger partial charge on any atom is -0.507 e. The third-order valence-electron chi connectivity index (χ3n) is 2.83. The number of nitrogens with zero attached hydrogens (tertiary/aromatic N) is 2. The van der Waals surface area contributed by atoms with E-state index >= 15 is 0 Å². The molecule has 0 saturated carbocycles. The molecule has 18 heavy (non-hydrogen) atoms. The van der Waals surface area contributed by atoms with Gasteiger partial charge in [-0.25, -0.2) is 4.79 Å². The Morgan fingerprint density at radius 3 is 2.67 bits per heavy atom. The van der Waals surface area contributed by atoms with Crippen LogP contribution < -0.4 is 17.0 Å². The summed E-state index contributed by atoms with van der Waals surface area (Å²) in [7, 11) is 1.56. The predicted octanol–water partition coefficient (Wildman–Crippen LogP) is -0.247. The molecular formula is C12H15N3O3. The van der Waals surface area contributed by atoms with E-state index in [1.165, 1.54) is 10.6 Å². The molecule has 0 aliphatic rings. The second-order valence-electron chi connectivity index (χ2n) is 4.41. The number of hydrogen-bond donors (Lipinski definition) is 2. The molecule has 0 bridgehead atoms. The summed E-state index contributed by atoms with van der Waals surface area (Å²) in [5.74, 6) is -0.133. The first kappa shape index (κ1) is 12.4. The number of phenolic OH excluding ortho intramolecular Hbond substituents is 1. The molecule has 6 nitrogen and oxygen atoms in total. The monoisotopic (exact) mass is 249 g/mol. The first-order valence-corrected chi connectivity index (χ1v) is 5.60. The van der Waals surface area contributed by atoms with Crippen LogP contribution in [-0.4, -0.2) is 20.3 Å². The first-order chi connectivity index (χ1) is 8.43. The van der Waals surface area contributed by atoms with Gasteiger partial charge in [0.05, 0.1) is 5.52 Å². The molecule has 0 saturated heterocycles. The largest absolute Gasteiger partial charge is 0.507 e. The third-order valence-corrected chi connectivity index (χ3v) is 2.83. The summed E-state index contributed by atoms with van der Waals surface area (Å²) in [6.45, 7) is 1.83. The second kappa shape index (κ2) is 4.30. The van der Waals surface area contributed by atoms with Crippen LogP contribution >= 0.6 is 0 Å². The summed E-state index contributed by atoms with van der Waals surface area (Å²) in [5.41, 5.74) is 5.09. The minimum absolute atomic E-state index is 0.121. The number of nitrogens with two attached hydrogens (primary N) is 1.